The van der Waals surface area contributed by atoms with Gasteiger partial charge >= 0.3 is 5.69 Å². The quantitative estimate of drug-likeness (QED) is 0.663. The molecule has 0 aliphatic rings. The number of carbonyl (C=O) groups excluding carboxylic acids is 1. The number of ether oxygens (including phenoxy) is 1. The van der Waals surface area contributed by atoms with Crippen molar-refractivity contribution < 1.29 is 9.53 Å². The first-order valence-electron chi connectivity index (χ1n) is 8.04. The average Bonchev–Trinajstić information content (AvgIpc) is 3.03. The van der Waals surface area contributed by atoms with Crippen molar-refractivity contribution in [2.45, 2.75) is 13.1 Å². The summed E-state index contributed by atoms with van der Waals surface area (Å²) in [5, 5.41) is 7.64. The number of hydrogen-bond donors (Lipinski definition) is 0. The van der Waals surface area contributed by atoms with E-state index in [1.54, 1.807) is 38.4 Å². The number of methoxy groups -OCH3 is 1. The largest absolute Gasteiger partial charge is 0.496 e. The first-order chi connectivity index (χ1) is 12.6. The van der Waals surface area contributed by atoms with E-state index in [9.17, 15) is 9.59 Å². The molecule has 0 saturated heterocycles. The van der Waals surface area contributed by atoms with Crippen LogP contribution in [0.25, 0.3) is 5.69 Å². The van der Waals surface area contributed by atoms with Crippen LogP contribution in [0.15, 0.2) is 59.4 Å². The van der Waals surface area contributed by atoms with Gasteiger partial charge in [0.1, 0.15) is 12.3 Å². The van der Waals surface area contributed by atoms with Crippen molar-refractivity contribution in [3.63, 3.8) is 0 Å². The van der Waals surface area contributed by atoms with Gasteiger partial charge in [0.05, 0.1) is 12.8 Å². The van der Waals surface area contributed by atoms with Gasteiger partial charge in [-0.15, -0.1) is 0 Å². The highest BCUT2D eigenvalue weighted by Crippen LogP contribution is 2.18. The van der Waals surface area contributed by atoms with Crippen LogP contribution in [0.5, 0.6) is 5.75 Å². The normalized spacial score (nSPS) is 10.5. The summed E-state index contributed by atoms with van der Waals surface area (Å²) in [6, 6.07) is 16.4. The molecule has 0 atom stereocenters. The third-order valence-corrected chi connectivity index (χ3v) is 3.95. The Morgan fingerprint density at radius 2 is 1.77 bits per heavy atom. The molecule has 1 amide bonds. The van der Waals surface area contributed by atoms with E-state index in [1.165, 1.54) is 4.90 Å². The number of benzene rings is 2. The highest BCUT2D eigenvalue weighted by Gasteiger charge is 2.16. The van der Waals surface area contributed by atoms with Crippen molar-refractivity contribution in [3.8, 4) is 11.4 Å². The number of hydrogen-bond acceptors (Lipinski definition) is 5. The molecular formula is C18H19N5O3. The van der Waals surface area contributed by atoms with Crippen LogP contribution < -0.4 is 10.4 Å². The summed E-state index contributed by atoms with van der Waals surface area (Å²) in [6.45, 7) is 0.182. The minimum Gasteiger partial charge on any atom is -0.496 e. The van der Waals surface area contributed by atoms with Crippen molar-refractivity contribution >= 4 is 5.91 Å². The van der Waals surface area contributed by atoms with Gasteiger partial charge in [-0.3, -0.25) is 4.79 Å². The van der Waals surface area contributed by atoms with Crippen LogP contribution in [0.2, 0.25) is 0 Å². The molecule has 0 aliphatic heterocycles. The summed E-state index contributed by atoms with van der Waals surface area (Å²) in [6.07, 6.45) is 0. The Morgan fingerprint density at radius 1 is 1.08 bits per heavy atom. The number of aromatic nitrogens is 4. The molecule has 8 nitrogen and oxygen atoms in total. The summed E-state index contributed by atoms with van der Waals surface area (Å²) in [5.74, 6) is 0.456. The van der Waals surface area contributed by atoms with Gasteiger partial charge in [0.15, 0.2) is 0 Å². The molecule has 0 bridgehead atoms. The predicted octanol–water partition coefficient (Wildman–Crippen LogP) is 1.10. The first kappa shape index (κ1) is 17.4. The molecule has 3 aromatic rings. The standard InChI is InChI=1S/C18H19N5O3/c1-21(12-14-8-6-7-11-16(14)26-2)17(24)13-22-18(25)23(20-19-22)15-9-4-3-5-10-15/h3-11H,12-13H2,1-2H3. The van der Waals surface area contributed by atoms with Crippen LogP contribution in [0.3, 0.4) is 0 Å². The van der Waals surface area contributed by atoms with Crippen molar-refractivity contribution in [1.29, 1.82) is 0 Å². The Balaban J connectivity index is 1.72. The lowest BCUT2D eigenvalue weighted by molar-refractivity contribution is -0.131. The maximum atomic E-state index is 12.5. The maximum Gasteiger partial charge on any atom is 0.368 e. The van der Waals surface area contributed by atoms with Gasteiger partial charge in [0.25, 0.3) is 0 Å². The molecule has 0 aliphatic carbocycles. The lowest BCUT2D eigenvalue weighted by Gasteiger charge is -2.18. The number of rotatable bonds is 6. The molecule has 0 fully saturated rings. The van der Waals surface area contributed by atoms with Crippen molar-refractivity contribution in [3.05, 3.63) is 70.6 Å². The van der Waals surface area contributed by atoms with Crippen LogP contribution in [0.1, 0.15) is 5.56 Å². The van der Waals surface area contributed by atoms with Gasteiger partial charge in [0, 0.05) is 19.2 Å². The minimum atomic E-state index is -0.463. The van der Waals surface area contributed by atoms with Crippen LogP contribution in [-0.4, -0.2) is 44.8 Å². The van der Waals surface area contributed by atoms with Gasteiger partial charge in [-0.25, -0.2) is 4.79 Å². The molecule has 3 rings (SSSR count). The summed E-state index contributed by atoms with van der Waals surface area (Å²) in [5.41, 5.74) is 1.01. The second-order valence-corrected chi connectivity index (χ2v) is 5.73. The topological polar surface area (TPSA) is 82.2 Å². The molecule has 1 heterocycles. The van der Waals surface area contributed by atoms with Gasteiger partial charge in [-0.05, 0) is 28.6 Å². The Bertz CT molecular complexity index is 949. The molecule has 1 aromatic heterocycles. The zero-order valence-electron chi connectivity index (χ0n) is 14.6. The van der Waals surface area contributed by atoms with Crippen LogP contribution in [0, 0.1) is 0 Å². The van der Waals surface area contributed by atoms with Crippen molar-refractivity contribution in [2.75, 3.05) is 14.2 Å². The highest BCUT2D eigenvalue weighted by atomic mass is 16.5. The van der Waals surface area contributed by atoms with E-state index in [0.717, 1.165) is 14.9 Å². The number of para-hydroxylation sites is 2. The van der Waals surface area contributed by atoms with Gasteiger partial charge in [-0.1, -0.05) is 36.4 Å². The zero-order chi connectivity index (χ0) is 18.5. The Morgan fingerprint density at radius 3 is 2.50 bits per heavy atom. The SMILES string of the molecule is COc1ccccc1CN(C)C(=O)Cn1nnn(-c2ccccc2)c1=O. The van der Waals surface area contributed by atoms with Gasteiger partial charge in [0.2, 0.25) is 5.91 Å². The van der Waals surface area contributed by atoms with Crippen LogP contribution in [0.4, 0.5) is 0 Å². The highest BCUT2D eigenvalue weighted by molar-refractivity contribution is 5.75. The summed E-state index contributed by atoms with van der Waals surface area (Å²) >= 11 is 0. The number of amides is 1. The van der Waals surface area contributed by atoms with Gasteiger partial charge < -0.3 is 9.64 Å². The molecule has 0 spiro atoms. The van der Waals surface area contributed by atoms with Crippen molar-refractivity contribution in [2.24, 2.45) is 0 Å². The second kappa shape index (κ2) is 7.64. The van der Waals surface area contributed by atoms with E-state index in [1.807, 2.05) is 30.3 Å². The van der Waals surface area contributed by atoms with E-state index in [-0.39, 0.29) is 12.5 Å². The summed E-state index contributed by atoms with van der Waals surface area (Å²) in [4.78, 5) is 26.4. The van der Waals surface area contributed by atoms with E-state index in [0.29, 0.717) is 18.0 Å². The fraction of sp³-hybridized carbons (Fsp3) is 0.222. The molecule has 0 radical (unpaired) electrons. The van der Waals surface area contributed by atoms with E-state index in [4.69, 9.17) is 4.74 Å². The molecule has 8 heteroatoms. The number of carbonyl (C=O) groups is 1. The van der Waals surface area contributed by atoms with Crippen molar-refractivity contribution in [1.82, 2.24) is 24.7 Å². The predicted molar refractivity (Wildman–Crippen MR) is 95.1 cm³/mol. The fourth-order valence-corrected chi connectivity index (χ4v) is 2.53. The Labute approximate surface area is 150 Å². The summed E-state index contributed by atoms with van der Waals surface area (Å²) in [7, 11) is 3.25. The minimum absolute atomic E-state index is 0.183. The summed E-state index contributed by atoms with van der Waals surface area (Å²) < 4.78 is 7.51. The molecule has 0 saturated carbocycles. The van der Waals surface area contributed by atoms with E-state index in [2.05, 4.69) is 10.4 Å². The monoisotopic (exact) mass is 353 g/mol. The average molecular weight is 353 g/mol. The number of likely N-dealkylation sites (N-methyl/N-ethyl adjacent to an activating group) is 1. The lowest BCUT2D eigenvalue weighted by atomic mass is 10.2. The molecule has 0 N–H and O–H groups in total. The van der Waals surface area contributed by atoms with Crippen LogP contribution in [-0.2, 0) is 17.9 Å². The van der Waals surface area contributed by atoms with Gasteiger partial charge in [-0.2, -0.15) is 9.36 Å². The van der Waals surface area contributed by atoms with E-state index < -0.39 is 5.69 Å². The number of nitrogens with zero attached hydrogens (tertiary/aromatic N) is 5. The third kappa shape index (κ3) is 3.64. The Hall–Kier alpha value is -3.42. The molecule has 2 aromatic carbocycles. The molecule has 0 unspecified atom stereocenters. The lowest BCUT2D eigenvalue weighted by Crippen LogP contribution is -2.34. The molecule has 26 heavy (non-hydrogen) atoms. The zero-order valence-corrected chi connectivity index (χ0v) is 14.6. The molecule has 134 valence electrons. The molecular weight excluding hydrogens is 334 g/mol. The third-order valence-electron chi connectivity index (χ3n) is 3.95. The Kier molecular flexibility index (Phi) is 5.12. The van der Waals surface area contributed by atoms with Crippen LogP contribution >= 0.6 is 0 Å². The fourth-order valence-electron chi connectivity index (χ4n) is 2.53. The number of tetrazole rings is 1. The smallest absolute Gasteiger partial charge is 0.368 e. The van der Waals surface area contributed by atoms with E-state index >= 15 is 0 Å². The second-order valence-electron chi connectivity index (χ2n) is 5.73. The maximum absolute atomic E-state index is 12.5. The first-order valence-corrected chi connectivity index (χ1v) is 8.04.